The summed E-state index contributed by atoms with van der Waals surface area (Å²) in [7, 11) is 0. The second-order valence-corrected chi connectivity index (χ2v) is 9.63. The number of hydrogen-bond donors (Lipinski definition) is 0. The van der Waals surface area contributed by atoms with Crippen molar-refractivity contribution in [2.24, 2.45) is 11.8 Å². The Bertz CT molecular complexity index is 831. The molecule has 0 aromatic carbocycles. The van der Waals surface area contributed by atoms with Gasteiger partial charge in [0, 0.05) is 52.0 Å². The van der Waals surface area contributed by atoms with Crippen molar-refractivity contribution in [1.29, 1.82) is 0 Å². The Morgan fingerprint density at radius 2 is 1.68 bits per heavy atom. The van der Waals surface area contributed by atoms with E-state index in [1.165, 1.54) is 89.3 Å². The van der Waals surface area contributed by atoms with Crippen molar-refractivity contribution in [2.75, 3.05) is 50.7 Å². The first-order valence-corrected chi connectivity index (χ1v) is 11.5. The summed E-state index contributed by atoms with van der Waals surface area (Å²) in [6, 6.07) is 7.09. The molecule has 4 aliphatic rings. The molecule has 2 saturated heterocycles. The fourth-order valence-electron chi connectivity index (χ4n) is 5.22. The van der Waals surface area contributed by atoms with Crippen LogP contribution in [0.5, 0.6) is 0 Å². The molecule has 4 heterocycles. The van der Waals surface area contributed by atoms with Crippen LogP contribution in [0.3, 0.4) is 0 Å². The summed E-state index contributed by atoms with van der Waals surface area (Å²) in [5, 5.41) is 0. The van der Waals surface area contributed by atoms with Gasteiger partial charge in [-0.15, -0.1) is 0 Å². The molecule has 0 N–H and O–H groups in total. The van der Waals surface area contributed by atoms with Crippen LogP contribution in [-0.2, 0) is 0 Å². The molecule has 2 aliphatic heterocycles. The summed E-state index contributed by atoms with van der Waals surface area (Å²) in [6.45, 7) is 8.55. The summed E-state index contributed by atoms with van der Waals surface area (Å²) in [6.07, 6.45) is 10.7. The van der Waals surface area contributed by atoms with E-state index >= 15 is 0 Å². The molecule has 5 heteroatoms. The Morgan fingerprint density at radius 1 is 0.893 bits per heavy atom. The zero-order chi connectivity index (χ0) is 18.5. The zero-order valence-electron chi connectivity index (χ0n) is 17.0. The number of aromatic nitrogens is 2. The molecule has 4 fully saturated rings. The summed E-state index contributed by atoms with van der Waals surface area (Å²) >= 11 is 0. The van der Waals surface area contributed by atoms with Crippen molar-refractivity contribution in [3.8, 4) is 0 Å². The molecule has 2 aromatic rings. The lowest BCUT2D eigenvalue weighted by Gasteiger charge is -2.41. The lowest BCUT2D eigenvalue weighted by molar-refractivity contribution is 0.0657. The van der Waals surface area contributed by atoms with Gasteiger partial charge in [-0.25, -0.2) is 4.98 Å². The molecule has 5 nitrogen and oxygen atoms in total. The highest BCUT2D eigenvalue weighted by Gasteiger charge is 2.36. The SMILES string of the molecule is c1cc(N2CCCC2)n2cc([C@H]3CN(CC4CC4)CCN3CC3CC3)nc2c1. The lowest BCUT2D eigenvalue weighted by Crippen LogP contribution is -2.49. The first-order valence-electron chi connectivity index (χ1n) is 11.5. The van der Waals surface area contributed by atoms with Gasteiger partial charge >= 0.3 is 0 Å². The minimum atomic E-state index is 0.458. The fraction of sp³-hybridized carbons (Fsp3) is 0.696. The van der Waals surface area contributed by atoms with Crippen LogP contribution in [0.15, 0.2) is 24.4 Å². The van der Waals surface area contributed by atoms with Gasteiger partial charge in [-0.05, 0) is 62.5 Å². The van der Waals surface area contributed by atoms with Gasteiger partial charge in [-0.3, -0.25) is 14.2 Å². The van der Waals surface area contributed by atoms with Crippen molar-refractivity contribution in [1.82, 2.24) is 19.2 Å². The minimum absolute atomic E-state index is 0.458. The Balaban J connectivity index is 1.31. The summed E-state index contributed by atoms with van der Waals surface area (Å²) < 4.78 is 2.36. The second-order valence-electron chi connectivity index (χ2n) is 9.63. The molecule has 2 aromatic heterocycles. The number of rotatable bonds is 6. The standard InChI is InChI=1S/C23H33N5/c1-2-11-26(10-1)23-5-3-4-22-24-20(16-28(22)23)21-17-25(14-18-6-7-18)12-13-27(21)15-19-8-9-19/h3-5,16,18-19,21H,1-2,6-15,17H2/t21-/m1/s1. The molecule has 0 spiro atoms. The highest BCUT2D eigenvalue weighted by molar-refractivity contribution is 5.53. The highest BCUT2D eigenvalue weighted by atomic mass is 15.3. The minimum Gasteiger partial charge on any atom is -0.358 e. The lowest BCUT2D eigenvalue weighted by atomic mass is 10.1. The van der Waals surface area contributed by atoms with Crippen molar-refractivity contribution >= 4 is 11.5 Å². The number of anilines is 1. The first-order chi connectivity index (χ1) is 13.8. The number of hydrogen-bond acceptors (Lipinski definition) is 4. The second kappa shape index (κ2) is 7.03. The van der Waals surface area contributed by atoms with E-state index in [9.17, 15) is 0 Å². The first kappa shape index (κ1) is 17.3. The molecule has 0 unspecified atom stereocenters. The predicted molar refractivity (Wildman–Crippen MR) is 113 cm³/mol. The largest absolute Gasteiger partial charge is 0.358 e. The van der Waals surface area contributed by atoms with E-state index in [4.69, 9.17) is 4.98 Å². The van der Waals surface area contributed by atoms with Crippen molar-refractivity contribution in [3.05, 3.63) is 30.1 Å². The molecule has 0 amide bonds. The Hall–Kier alpha value is -1.59. The number of imidazole rings is 1. The molecule has 1 atom stereocenters. The van der Waals surface area contributed by atoms with Gasteiger partial charge in [0.15, 0.2) is 0 Å². The van der Waals surface area contributed by atoms with Crippen LogP contribution in [-0.4, -0.2) is 65.0 Å². The molecule has 0 bridgehead atoms. The van der Waals surface area contributed by atoms with Crippen LogP contribution in [0.25, 0.3) is 5.65 Å². The van der Waals surface area contributed by atoms with Gasteiger partial charge in [0.05, 0.1) is 11.7 Å². The normalized spacial score (nSPS) is 27.1. The van der Waals surface area contributed by atoms with E-state index in [1.807, 2.05) is 0 Å². The van der Waals surface area contributed by atoms with Crippen LogP contribution in [0.4, 0.5) is 5.82 Å². The smallest absolute Gasteiger partial charge is 0.138 e. The zero-order valence-corrected chi connectivity index (χ0v) is 17.0. The van der Waals surface area contributed by atoms with Gasteiger partial charge in [0.1, 0.15) is 11.5 Å². The van der Waals surface area contributed by atoms with Crippen LogP contribution in [0.2, 0.25) is 0 Å². The molecule has 2 aliphatic carbocycles. The van der Waals surface area contributed by atoms with Crippen LogP contribution >= 0.6 is 0 Å². The van der Waals surface area contributed by atoms with Crippen molar-refractivity contribution in [3.63, 3.8) is 0 Å². The molecule has 2 saturated carbocycles. The molecule has 0 radical (unpaired) electrons. The van der Waals surface area contributed by atoms with Gasteiger partial charge in [-0.2, -0.15) is 0 Å². The van der Waals surface area contributed by atoms with Crippen molar-refractivity contribution in [2.45, 2.75) is 44.6 Å². The number of piperazine rings is 1. The van der Waals surface area contributed by atoms with E-state index in [0.29, 0.717) is 6.04 Å². The number of nitrogens with zero attached hydrogens (tertiary/aromatic N) is 5. The Kier molecular flexibility index (Phi) is 4.34. The van der Waals surface area contributed by atoms with Crippen LogP contribution in [0, 0.1) is 11.8 Å². The van der Waals surface area contributed by atoms with E-state index in [-0.39, 0.29) is 0 Å². The Morgan fingerprint density at radius 3 is 2.46 bits per heavy atom. The maximum atomic E-state index is 5.14. The molecule has 150 valence electrons. The van der Waals surface area contributed by atoms with Gasteiger partial charge in [0.2, 0.25) is 0 Å². The average molecular weight is 380 g/mol. The topological polar surface area (TPSA) is 27.0 Å². The maximum Gasteiger partial charge on any atom is 0.138 e. The fourth-order valence-corrected chi connectivity index (χ4v) is 5.22. The number of fused-ring (bicyclic) bond motifs is 1. The third-order valence-corrected chi connectivity index (χ3v) is 7.24. The monoisotopic (exact) mass is 379 g/mol. The summed E-state index contributed by atoms with van der Waals surface area (Å²) in [4.78, 5) is 13.1. The molecular weight excluding hydrogens is 346 g/mol. The van der Waals surface area contributed by atoms with E-state index < -0.39 is 0 Å². The van der Waals surface area contributed by atoms with E-state index in [0.717, 1.165) is 24.0 Å². The quantitative estimate of drug-likeness (QED) is 0.769. The Labute approximate surface area is 168 Å². The highest BCUT2D eigenvalue weighted by Crippen LogP contribution is 2.36. The molecule has 6 rings (SSSR count). The molecular formula is C23H33N5. The van der Waals surface area contributed by atoms with Crippen LogP contribution in [0.1, 0.15) is 50.3 Å². The maximum absolute atomic E-state index is 5.14. The van der Waals surface area contributed by atoms with Gasteiger partial charge < -0.3 is 4.90 Å². The van der Waals surface area contributed by atoms with E-state index in [2.05, 4.69) is 43.5 Å². The summed E-state index contributed by atoms with van der Waals surface area (Å²) in [5.74, 6) is 3.24. The molecule has 28 heavy (non-hydrogen) atoms. The van der Waals surface area contributed by atoms with Gasteiger partial charge in [-0.1, -0.05) is 6.07 Å². The average Bonchev–Trinajstić information content (AvgIpc) is 3.60. The third kappa shape index (κ3) is 3.43. The van der Waals surface area contributed by atoms with Crippen LogP contribution < -0.4 is 4.90 Å². The summed E-state index contributed by atoms with van der Waals surface area (Å²) in [5.41, 5.74) is 2.40. The van der Waals surface area contributed by atoms with E-state index in [1.54, 1.807) is 0 Å². The predicted octanol–water partition coefficient (Wildman–Crippen LogP) is 3.41. The number of pyridine rings is 1. The van der Waals surface area contributed by atoms with Gasteiger partial charge in [0.25, 0.3) is 0 Å². The third-order valence-electron chi connectivity index (χ3n) is 7.24. The van der Waals surface area contributed by atoms with Crippen molar-refractivity contribution < 1.29 is 0 Å².